The van der Waals surface area contributed by atoms with Crippen molar-refractivity contribution >= 4 is 11.9 Å². The van der Waals surface area contributed by atoms with Gasteiger partial charge in [-0.1, -0.05) is 12.1 Å². The van der Waals surface area contributed by atoms with Crippen LogP contribution in [0.5, 0.6) is 5.75 Å². The summed E-state index contributed by atoms with van der Waals surface area (Å²) in [7, 11) is 1.31. The second kappa shape index (κ2) is 6.69. The lowest BCUT2D eigenvalue weighted by molar-refractivity contribution is -0.142. The number of carboxylic acids is 2. The van der Waals surface area contributed by atoms with Crippen molar-refractivity contribution in [2.75, 3.05) is 20.2 Å². The molecule has 0 heterocycles. The van der Waals surface area contributed by atoms with Crippen LogP contribution < -0.4 is 4.74 Å². The molecule has 1 aromatic rings. The topological polar surface area (TPSA) is 87.1 Å². The fraction of sp³-hybridized carbons (Fsp3) is 0.333. The Bertz CT molecular complexity index is 461. The zero-order valence-corrected chi connectivity index (χ0v) is 10.3. The molecule has 6 nitrogen and oxygen atoms in total. The molecule has 0 aromatic heterocycles. The second-order valence-electron chi connectivity index (χ2n) is 3.87. The molecule has 104 valence electrons. The summed E-state index contributed by atoms with van der Waals surface area (Å²) >= 11 is 0. The van der Waals surface area contributed by atoms with Crippen LogP contribution in [-0.2, 0) is 16.1 Å². The number of aliphatic carboxylic acids is 2. The van der Waals surface area contributed by atoms with E-state index in [4.69, 9.17) is 14.9 Å². The normalized spacial score (nSPS) is 10.5. The highest BCUT2D eigenvalue weighted by Gasteiger charge is 2.17. The number of hydrogen-bond acceptors (Lipinski definition) is 4. The van der Waals surface area contributed by atoms with Crippen molar-refractivity contribution in [1.29, 1.82) is 0 Å². The quantitative estimate of drug-likeness (QED) is 0.763. The van der Waals surface area contributed by atoms with Gasteiger partial charge in [-0.05, 0) is 6.07 Å². The van der Waals surface area contributed by atoms with Crippen LogP contribution in [0.25, 0.3) is 0 Å². The number of rotatable bonds is 7. The van der Waals surface area contributed by atoms with Gasteiger partial charge in [-0.15, -0.1) is 0 Å². The van der Waals surface area contributed by atoms with Crippen LogP contribution in [0.3, 0.4) is 0 Å². The fourth-order valence-corrected chi connectivity index (χ4v) is 1.63. The molecule has 0 spiro atoms. The number of carboxylic acid groups (broad SMARTS) is 2. The van der Waals surface area contributed by atoms with Gasteiger partial charge in [-0.2, -0.15) is 0 Å². The first kappa shape index (κ1) is 14.9. The van der Waals surface area contributed by atoms with Gasteiger partial charge in [-0.25, -0.2) is 4.39 Å². The molecular weight excluding hydrogens is 257 g/mol. The highest BCUT2D eigenvalue weighted by Crippen LogP contribution is 2.21. The number of methoxy groups -OCH3 is 1. The molecule has 0 radical (unpaired) electrons. The van der Waals surface area contributed by atoms with E-state index in [0.29, 0.717) is 0 Å². The second-order valence-corrected chi connectivity index (χ2v) is 3.87. The molecule has 19 heavy (non-hydrogen) atoms. The highest BCUT2D eigenvalue weighted by molar-refractivity contribution is 5.72. The molecule has 1 aromatic carbocycles. The third kappa shape index (κ3) is 4.55. The maximum Gasteiger partial charge on any atom is 0.317 e. The van der Waals surface area contributed by atoms with Gasteiger partial charge in [0.05, 0.1) is 20.2 Å². The van der Waals surface area contributed by atoms with Gasteiger partial charge in [0.2, 0.25) is 0 Å². The smallest absolute Gasteiger partial charge is 0.317 e. The highest BCUT2D eigenvalue weighted by atomic mass is 19.1. The molecule has 0 atom stereocenters. The van der Waals surface area contributed by atoms with Crippen molar-refractivity contribution in [1.82, 2.24) is 4.90 Å². The van der Waals surface area contributed by atoms with Crippen molar-refractivity contribution in [3.05, 3.63) is 29.6 Å². The van der Waals surface area contributed by atoms with Crippen molar-refractivity contribution in [2.45, 2.75) is 6.54 Å². The van der Waals surface area contributed by atoms with Crippen LogP contribution in [0.2, 0.25) is 0 Å². The van der Waals surface area contributed by atoms with E-state index < -0.39 is 30.8 Å². The van der Waals surface area contributed by atoms with E-state index in [0.717, 1.165) is 4.90 Å². The van der Waals surface area contributed by atoms with E-state index in [1.165, 1.54) is 19.2 Å². The fourth-order valence-electron chi connectivity index (χ4n) is 1.63. The van der Waals surface area contributed by atoms with E-state index in [-0.39, 0.29) is 17.9 Å². The number of halogens is 1. The van der Waals surface area contributed by atoms with E-state index in [9.17, 15) is 14.0 Å². The van der Waals surface area contributed by atoms with Gasteiger partial charge >= 0.3 is 11.9 Å². The lowest BCUT2D eigenvalue weighted by Crippen LogP contribution is -2.34. The number of hydrogen-bond donors (Lipinski definition) is 2. The van der Waals surface area contributed by atoms with E-state index in [2.05, 4.69) is 0 Å². The zero-order valence-electron chi connectivity index (χ0n) is 10.3. The molecule has 0 fully saturated rings. The molecule has 0 unspecified atom stereocenters. The van der Waals surface area contributed by atoms with Crippen LogP contribution in [0, 0.1) is 5.82 Å². The monoisotopic (exact) mass is 271 g/mol. The maximum absolute atomic E-state index is 13.9. The molecule has 0 aliphatic carbocycles. The first-order valence-electron chi connectivity index (χ1n) is 5.41. The third-order valence-electron chi connectivity index (χ3n) is 2.37. The lowest BCUT2D eigenvalue weighted by atomic mass is 10.2. The van der Waals surface area contributed by atoms with Crippen molar-refractivity contribution in [2.24, 2.45) is 0 Å². The molecule has 0 bridgehead atoms. The maximum atomic E-state index is 13.9. The Balaban J connectivity index is 2.89. The molecule has 0 aliphatic heterocycles. The zero-order chi connectivity index (χ0) is 14.4. The minimum Gasteiger partial charge on any atom is -0.494 e. The summed E-state index contributed by atoms with van der Waals surface area (Å²) in [4.78, 5) is 22.4. The predicted octanol–water partition coefficient (Wildman–Crippen LogP) is 0.805. The van der Waals surface area contributed by atoms with Crippen LogP contribution in [0.15, 0.2) is 18.2 Å². The number of carbonyl (C=O) groups is 2. The van der Waals surface area contributed by atoms with Gasteiger partial charge in [0.15, 0.2) is 11.6 Å². The number of benzene rings is 1. The summed E-state index contributed by atoms with van der Waals surface area (Å²) in [6, 6.07) is 4.43. The summed E-state index contributed by atoms with van der Waals surface area (Å²) < 4.78 is 18.7. The summed E-state index contributed by atoms with van der Waals surface area (Å²) in [5.74, 6) is -2.94. The predicted molar refractivity (Wildman–Crippen MR) is 63.5 cm³/mol. The van der Waals surface area contributed by atoms with E-state index in [1.54, 1.807) is 6.07 Å². The number of ether oxygens (including phenoxy) is 1. The molecular formula is C12H14FNO5. The van der Waals surface area contributed by atoms with Gasteiger partial charge < -0.3 is 14.9 Å². The first-order chi connectivity index (χ1) is 8.93. The molecule has 1 rings (SSSR count). The first-order valence-corrected chi connectivity index (χ1v) is 5.41. The Morgan fingerprint density at radius 1 is 1.26 bits per heavy atom. The van der Waals surface area contributed by atoms with Crippen molar-refractivity contribution in [3.8, 4) is 5.75 Å². The van der Waals surface area contributed by atoms with Gasteiger partial charge in [0.25, 0.3) is 0 Å². The average molecular weight is 271 g/mol. The molecule has 2 N–H and O–H groups in total. The minimum absolute atomic E-state index is 0.0306. The standard InChI is InChI=1S/C12H14FNO5/c1-19-9-4-2-3-8(12(9)13)5-14(6-10(15)16)7-11(17)18/h2-4H,5-7H2,1H3,(H,15,16)(H,17,18). The van der Waals surface area contributed by atoms with Gasteiger partial charge in [0.1, 0.15) is 0 Å². The summed E-state index contributed by atoms with van der Waals surface area (Å²) in [6.45, 7) is -1.09. The Morgan fingerprint density at radius 2 is 1.84 bits per heavy atom. The summed E-state index contributed by atoms with van der Waals surface area (Å²) in [5.41, 5.74) is 0.182. The Hall–Kier alpha value is -2.15. The van der Waals surface area contributed by atoms with Crippen molar-refractivity contribution < 1.29 is 28.9 Å². The summed E-state index contributed by atoms with van der Waals surface area (Å²) in [6.07, 6.45) is 0. The number of nitrogens with zero attached hydrogens (tertiary/aromatic N) is 1. The summed E-state index contributed by atoms with van der Waals surface area (Å²) in [5, 5.41) is 17.4. The lowest BCUT2D eigenvalue weighted by Gasteiger charge is -2.18. The van der Waals surface area contributed by atoms with Crippen LogP contribution in [0.4, 0.5) is 4.39 Å². The largest absolute Gasteiger partial charge is 0.494 e. The molecule has 7 heteroatoms. The van der Waals surface area contributed by atoms with Gasteiger partial charge in [0, 0.05) is 12.1 Å². The Morgan fingerprint density at radius 3 is 2.32 bits per heavy atom. The van der Waals surface area contributed by atoms with Crippen molar-refractivity contribution in [3.63, 3.8) is 0 Å². The van der Waals surface area contributed by atoms with Gasteiger partial charge in [-0.3, -0.25) is 14.5 Å². The van der Waals surface area contributed by atoms with E-state index in [1.807, 2.05) is 0 Å². The van der Waals surface area contributed by atoms with Crippen LogP contribution in [-0.4, -0.2) is 47.3 Å². The average Bonchev–Trinajstić information content (AvgIpc) is 2.30. The minimum atomic E-state index is -1.18. The molecule has 0 aliphatic rings. The Kier molecular flexibility index (Phi) is 5.25. The SMILES string of the molecule is COc1cccc(CN(CC(=O)O)CC(=O)O)c1F. The van der Waals surface area contributed by atoms with E-state index >= 15 is 0 Å². The van der Waals surface area contributed by atoms with Crippen LogP contribution >= 0.6 is 0 Å². The Labute approximate surface area is 109 Å². The molecule has 0 saturated carbocycles. The molecule has 0 saturated heterocycles. The third-order valence-corrected chi connectivity index (χ3v) is 2.37. The molecule has 0 amide bonds. The van der Waals surface area contributed by atoms with Crippen LogP contribution in [0.1, 0.15) is 5.56 Å².